The van der Waals surface area contributed by atoms with Crippen LogP contribution in [0.2, 0.25) is 0 Å². The van der Waals surface area contributed by atoms with Gasteiger partial charge in [0.05, 0.1) is 6.10 Å². The van der Waals surface area contributed by atoms with Crippen LogP contribution in [0.25, 0.3) is 0 Å². The molecule has 0 radical (unpaired) electrons. The summed E-state index contributed by atoms with van der Waals surface area (Å²) in [7, 11) is -4.83. The number of rotatable bonds is 4. The molecule has 4 rings (SSSR count). The van der Waals surface area contributed by atoms with Crippen LogP contribution in [0.15, 0.2) is 11.6 Å². The molecule has 4 N–H and O–H groups in total. The van der Waals surface area contributed by atoms with Crippen LogP contribution in [0.3, 0.4) is 0 Å². The van der Waals surface area contributed by atoms with Crippen LogP contribution in [0.5, 0.6) is 0 Å². The first kappa shape index (κ1) is 25.7. The third kappa shape index (κ3) is 4.00. The van der Waals surface area contributed by atoms with Crippen molar-refractivity contribution >= 4 is 19.4 Å². The number of Topliss-reactive ketones (excluding diaryl/α,β-unsaturated/α-hetero) is 1. The van der Waals surface area contributed by atoms with Crippen molar-refractivity contribution in [1.29, 1.82) is 0 Å². The summed E-state index contributed by atoms with van der Waals surface area (Å²) in [6, 6.07) is 0. The summed E-state index contributed by atoms with van der Waals surface area (Å²) in [6.45, 7) is 3.09. The normalized spacial score (nSPS) is 44.5. The first-order valence-corrected chi connectivity index (χ1v) is 12.2. The second-order valence-corrected chi connectivity index (χ2v) is 11.4. The Morgan fingerprint density at radius 1 is 1.26 bits per heavy atom. The maximum absolute atomic E-state index is 12.8. The quantitative estimate of drug-likeness (QED) is 0.306. The van der Waals surface area contributed by atoms with Gasteiger partial charge in [0.1, 0.15) is 12.2 Å². The molecule has 0 unspecified atom stereocenters. The molecule has 4 aliphatic carbocycles. The Labute approximate surface area is 205 Å². The third-order valence-corrected chi connectivity index (χ3v) is 9.34. The van der Waals surface area contributed by atoms with Gasteiger partial charge < -0.3 is 21.4 Å². The second kappa shape index (κ2) is 8.40. The molecule has 0 bridgehead atoms. The average molecular weight is 466 g/mol. The average Bonchev–Trinajstić information content (AvgIpc) is 2.91. The summed E-state index contributed by atoms with van der Waals surface area (Å²) in [5, 5.41) is 22.7. The van der Waals surface area contributed by atoms with E-state index >= 15 is 0 Å². The van der Waals surface area contributed by atoms with Crippen LogP contribution in [0.4, 0.5) is 0 Å². The van der Waals surface area contributed by atoms with Gasteiger partial charge in [-0.25, -0.2) is 4.57 Å². The summed E-state index contributed by atoms with van der Waals surface area (Å²) in [5.41, 5.74) is -1.84. The Balaban J connectivity index is 0.00000181. The van der Waals surface area contributed by atoms with Gasteiger partial charge in [-0.15, -0.1) is 0 Å². The van der Waals surface area contributed by atoms with E-state index in [4.69, 9.17) is 9.79 Å². The van der Waals surface area contributed by atoms with E-state index in [2.05, 4.69) is 11.4 Å². The molecule has 0 spiro atoms. The minimum absolute atomic E-state index is 0. The second-order valence-electron chi connectivity index (χ2n) is 10.2. The molecule has 0 aromatic heterocycles. The van der Waals surface area contributed by atoms with Gasteiger partial charge in [0, 0.05) is 11.8 Å². The number of hydrogen-bond acceptors (Lipinski definition) is 6. The van der Waals surface area contributed by atoms with E-state index in [1.54, 1.807) is 6.08 Å². The van der Waals surface area contributed by atoms with Crippen molar-refractivity contribution in [3.8, 4) is 0 Å². The van der Waals surface area contributed by atoms with Gasteiger partial charge in [-0.2, -0.15) is 0 Å². The predicted molar refractivity (Wildman–Crippen MR) is 107 cm³/mol. The summed E-state index contributed by atoms with van der Waals surface area (Å²) in [6.07, 6.45) is 4.79. The van der Waals surface area contributed by atoms with Crippen molar-refractivity contribution in [3.05, 3.63) is 11.6 Å². The molecule has 0 aromatic carbocycles. The smallest absolute Gasteiger partial charge is 1.00 e. The molecular formula is C21H32NaO8P. The van der Waals surface area contributed by atoms with Gasteiger partial charge in [-0.05, 0) is 67.8 Å². The number of hydrogen-bond donors (Lipinski definition) is 4. The topological polar surface area (TPSA) is 141 Å². The minimum atomic E-state index is -4.83. The van der Waals surface area contributed by atoms with Crippen LogP contribution in [0.1, 0.15) is 60.2 Å². The predicted octanol–water partition coefficient (Wildman–Crippen LogP) is -0.985. The van der Waals surface area contributed by atoms with Crippen LogP contribution in [-0.2, 0) is 18.7 Å². The van der Waals surface area contributed by atoms with Gasteiger partial charge in [0.25, 0.3) is 0 Å². The molecule has 3 fully saturated rings. The molecule has 170 valence electrons. The number of aliphatic hydroxyl groups excluding tert-OH is 1. The Morgan fingerprint density at radius 3 is 2.58 bits per heavy atom. The van der Waals surface area contributed by atoms with Gasteiger partial charge in [-0.1, -0.05) is 19.4 Å². The van der Waals surface area contributed by atoms with Crippen molar-refractivity contribution in [2.75, 3.05) is 6.61 Å². The van der Waals surface area contributed by atoms with Crippen molar-refractivity contribution in [2.45, 2.75) is 70.5 Å². The van der Waals surface area contributed by atoms with Gasteiger partial charge in [0.2, 0.25) is 0 Å². The van der Waals surface area contributed by atoms with Gasteiger partial charge >= 0.3 is 37.4 Å². The fraction of sp³-hybridized carbons (Fsp3) is 0.810. The molecule has 0 aliphatic heterocycles. The monoisotopic (exact) mass is 466 g/mol. The maximum Gasteiger partial charge on any atom is 1.00 e. The third-order valence-electron chi connectivity index (χ3n) is 8.87. The van der Waals surface area contributed by atoms with E-state index in [1.807, 2.05) is 6.92 Å². The van der Waals surface area contributed by atoms with Crippen molar-refractivity contribution < 1.29 is 69.7 Å². The largest absolute Gasteiger partial charge is 1.00 e. The number of phosphoric acid groups is 1. The Hall–Kier alpha value is 0.110. The number of carbonyl (C=O) groups is 2. The Morgan fingerprint density at radius 2 is 1.94 bits per heavy atom. The van der Waals surface area contributed by atoms with E-state index < -0.39 is 37.3 Å². The van der Waals surface area contributed by atoms with E-state index in [-0.39, 0.29) is 72.8 Å². The van der Waals surface area contributed by atoms with E-state index in [9.17, 15) is 24.4 Å². The molecule has 0 saturated heterocycles. The summed E-state index contributed by atoms with van der Waals surface area (Å²) >= 11 is 0. The molecule has 0 amide bonds. The van der Waals surface area contributed by atoms with Crippen LogP contribution in [0, 0.1) is 28.6 Å². The number of phosphoric ester groups is 1. The van der Waals surface area contributed by atoms with Crippen molar-refractivity contribution in [3.63, 3.8) is 0 Å². The van der Waals surface area contributed by atoms with E-state index in [0.717, 1.165) is 18.4 Å². The number of fused-ring (bicyclic) bond motifs is 5. The van der Waals surface area contributed by atoms with Crippen LogP contribution < -0.4 is 29.6 Å². The molecule has 10 heteroatoms. The maximum atomic E-state index is 12.8. The van der Waals surface area contributed by atoms with Crippen molar-refractivity contribution in [1.82, 2.24) is 0 Å². The zero-order valence-corrected chi connectivity index (χ0v) is 21.3. The Kier molecular flexibility index (Phi) is 6.97. The van der Waals surface area contributed by atoms with Gasteiger partial charge in [-0.3, -0.25) is 14.1 Å². The molecule has 0 aromatic rings. The standard InChI is InChI=1S/C21H31O8P.Na.H/c1-19-7-5-13(22)9-12(19)3-4-14-15-6-8-21(25,17(24)11-29-30(26,27)28)20(15,2)10-16(23)18(14)19;;/h9,14-16,18,23,25H,3-8,10-11H2,1-2H3,(H2,26,27,28);;/q;+1;-1/t14-,15-,16-,18+,19-,20-,21-;;/m0../s1. The minimum Gasteiger partial charge on any atom is -1.00 e. The molecule has 3 saturated carbocycles. The number of aliphatic hydroxyl groups is 2. The summed E-state index contributed by atoms with van der Waals surface area (Å²) in [4.78, 5) is 42.6. The molecule has 31 heavy (non-hydrogen) atoms. The number of allylic oxidation sites excluding steroid dienone is 1. The van der Waals surface area contributed by atoms with Crippen LogP contribution >= 0.6 is 7.82 Å². The van der Waals surface area contributed by atoms with Crippen molar-refractivity contribution in [2.24, 2.45) is 28.6 Å². The molecular weight excluding hydrogens is 434 g/mol. The van der Waals surface area contributed by atoms with Crippen LogP contribution in [-0.4, -0.2) is 49.9 Å². The molecule has 4 aliphatic rings. The van der Waals surface area contributed by atoms with Gasteiger partial charge in [0.15, 0.2) is 11.6 Å². The number of ketones is 2. The summed E-state index contributed by atoms with van der Waals surface area (Å²) in [5.74, 6) is -0.522. The van der Waals surface area contributed by atoms with E-state index in [0.29, 0.717) is 19.3 Å². The number of carbonyl (C=O) groups excluding carboxylic acids is 2. The molecule has 7 atom stereocenters. The fourth-order valence-corrected chi connectivity index (χ4v) is 7.70. The first-order chi connectivity index (χ1) is 13.8. The summed E-state index contributed by atoms with van der Waals surface area (Å²) < 4.78 is 15.4. The fourth-order valence-electron chi connectivity index (χ4n) is 7.41. The Bertz CT molecular complexity index is 861. The SMILES string of the molecule is C[C@]12CCC(=O)C=C1CC[C@@H]1[C@@H]2[C@@H](O)C[C@@]2(C)[C@H]1CC[C@]2(O)C(=O)COP(=O)(O)O.[H-].[Na+]. The van der Waals surface area contributed by atoms with E-state index in [1.165, 1.54) is 0 Å². The molecule has 8 nitrogen and oxygen atoms in total. The first-order valence-electron chi connectivity index (χ1n) is 10.7. The zero-order valence-electron chi connectivity index (χ0n) is 19.4. The molecule has 0 heterocycles. The zero-order chi connectivity index (χ0) is 22.1.